The van der Waals surface area contributed by atoms with Gasteiger partial charge in [0.05, 0.1) is 12.3 Å². The highest BCUT2D eigenvalue weighted by atomic mass is 79.9. The molecule has 1 heterocycles. The lowest BCUT2D eigenvalue weighted by Gasteiger charge is -2.07. The fourth-order valence-corrected chi connectivity index (χ4v) is 3.42. The highest BCUT2D eigenvalue weighted by Gasteiger charge is 2.07. The molecule has 6 heteroatoms. The summed E-state index contributed by atoms with van der Waals surface area (Å²) in [6.45, 7) is 2.49. The number of anilines is 1. The van der Waals surface area contributed by atoms with Crippen LogP contribution in [0.25, 0.3) is 17.3 Å². The van der Waals surface area contributed by atoms with Crippen molar-refractivity contribution in [2.75, 3.05) is 11.9 Å². The van der Waals surface area contributed by atoms with Crippen LogP contribution in [0.5, 0.6) is 5.75 Å². The van der Waals surface area contributed by atoms with Gasteiger partial charge in [-0.15, -0.1) is 11.3 Å². The number of aromatic nitrogens is 1. The van der Waals surface area contributed by atoms with E-state index >= 15 is 0 Å². The van der Waals surface area contributed by atoms with E-state index < -0.39 is 0 Å². The topological polar surface area (TPSA) is 51.2 Å². The molecule has 132 valence electrons. The molecule has 4 nitrogen and oxygen atoms in total. The third-order valence-electron chi connectivity index (χ3n) is 3.49. The molecule has 0 fully saturated rings. The number of rotatable bonds is 6. The van der Waals surface area contributed by atoms with E-state index in [1.165, 1.54) is 17.4 Å². The Kier molecular flexibility index (Phi) is 6.20. The van der Waals surface area contributed by atoms with E-state index in [0.717, 1.165) is 27.0 Å². The molecule has 0 aliphatic rings. The maximum Gasteiger partial charge on any atom is 0.250 e. The Bertz CT molecular complexity index is 923. The van der Waals surface area contributed by atoms with Crippen molar-refractivity contribution >= 4 is 44.4 Å². The lowest BCUT2D eigenvalue weighted by Crippen LogP contribution is -2.07. The first-order valence-corrected chi connectivity index (χ1v) is 9.75. The van der Waals surface area contributed by atoms with Crippen molar-refractivity contribution in [2.24, 2.45) is 0 Å². The molecule has 0 aliphatic heterocycles. The van der Waals surface area contributed by atoms with Crippen LogP contribution in [0.4, 0.5) is 5.13 Å². The fraction of sp³-hybridized carbons (Fsp3) is 0.100. The van der Waals surface area contributed by atoms with Crippen LogP contribution in [0, 0.1) is 0 Å². The predicted molar refractivity (Wildman–Crippen MR) is 111 cm³/mol. The van der Waals surface area contributed by atoms with E-state index in [1.54, 1.807) is 6.08 Å². The van der Waals surface area contributed by atoms with Crippen LogP contribution in [0.3, 0.4) is 0 Å². The summed E-state index contributed by atoms with van der Waals surface area (Å²) in [6, 6.07) is 15.5. The van der Waals surface area contributed by atoms with Gasteiger partial charge in [-0.25, -0.2) is 4.98 Å². The molecule has 0 spiro atoms. The number of hydrogen-bond donors (Lipinski definition) is 1. The summed E-state index contributed by atoms with van der Waals surface area (Å²) in [6.07, 6.45) is 3.21. The molecule has 0 unspecified atom stereocenters. The van der Waals surface area contributed by atoms with Crippen LogP contribution in [-0.2, 0) is 4.79 Å². The second kappa shape index (κ2) is 8.78. The van der Waals surface area contributed by atoms with Gasteiger partial charge in [-0.2, -0.15) is 0 Å². The Morgan fingerprint density at radius 2 is 2.08 bits per heavy atom. The number of carbonyl (C=O) groups is 1. The summed E-state index contributed by atoms with van der Waals surface area (Å²) in [5.41, 5.74) is 2.70. The molecule has 0 saturated carbocycles. The lowest BCUT2D eigenvalue weighted by molar-refractivity contribution is -0.111. The SMILES string of the molecule is CCOc1ccc(Br)cc1/C=C/C(=O)Nc1nc(-c2ccccc2)cs1. The largest absolute Gasteiger partial charge is 0.493 e. The van der Waals surface area contributed by atoms with E-state index in [1.807, 2.05) is 60.8 Å². The Morgan fingerprint density at radius 3 is 2.85 bits per heavy atom. The van der Waals surface area contributed by atoms with Crippen molar-refractivity contribution in [3.8, 4) is 17.0 Å². The van der Waals surface area contributed by atoms with Gasteiger partial charge in [0.15, 0.2) is 5.13 Å². The average molecular weight is 429 g/mol. The maximum absolute atomic E-state index is 12.2. The highest BCUT2D eigenvalue weighted by Crippen LogP contribution is 2.26. The number of nitrogens with one attached hydrogen (secondary N) is 1. The zero-order chi connectivity index (χ0) is 18.4. The van der Waals surface area contributed by atoms with Crippen molar-refractivity contribution in [3.05, 3.63) is 70.0 Å². The van der Waals surface area contributed by atoms with E-state index in [-0.39, 0.29) is 5.91 Å². The monoisotopic (exact) mass is 428 g/mol. The number of nitrogens with zero attached hydrogens (tertiary/aromatic N) is 1. The fourth-order valence-electron chi connectivity index (χ4n) is 2.32. The number of carbonyl (C=O) groups excluding carboxylic acids is 1. The van der Waals surface area contributed by atoms with Gasteiger partial charge >= 0.3 is 0 Å². The van der Waals surface area contributed by atoms with Crippen molar-refractivity contribution in [1.29, 1.82) is 0 Å². The summed E-state index contributed by atoms with van der Waals surface area (Å²) in [7, 11) is 0. The number of halogens is 1. The van der Waals surface area contributed by atoms with Gasteiger partial charge in [0.1, 0.15) is 5.75 Å². The molecule has 0 aliphatic carbocycles. The van der Waals surface area contributed by atoms with Gasteiger partial charge in [-0.05, 0) is 31.2 Å². The lowest BCUT2D eigenvalue weighted by atomic mass is 10.2. The molecule has 0 saturated heterocycles. The maximum atomic E-state index is 12.2. The smallest absolute Gasteiger partial charge is 0.250 e. The van der Waals surface area contributed by atoms with E-state index in [9.17, 15) is 4.79 Å². The number of benzene rings is 2. The summed E-state index contributed by atoms with van der Waals surface area (Å²) in [4.78, 5) is 16.7. The summed E-state index contributed by atoms with van der Waals surface area (Å²) in [5.74, 6) is 0.502. The van der Waals surface area contributed by atoms with Gasteiger partial charge in [-0.1, -0.05) is 46.3 Å². The van der Waals surface area contributed by atoms with Gasteiger partial charge in [-0.3, -0.25) is 10.1 Å². The molecule has 0 radical (unpaired) electrons. The van der Waals surface area contributed by atoms with E-state index in [0.29, 0.717) is 11.7 Å². The Morgan fingerprint density at radius 1 is 1.27 bits per heavy atom. The standard InChI is InChI=1S/C20H17BrN2O2S/c1-2-25-18-10-9-16(21)12-15(18)8-11-19(24)23-20-22-17(13-26-20)14-6-4-3-5-7-14/h3-13H,2H2,1H3,(H,22,23,24)/b11-8+. The van der Waals surface area contributed by atoms with Crippen LogP contribution >= 0.6 is 27.3 Å². The van der Waals surface area contributed by atoms with Gasteiger partial charge in [0.25, 0.3) is 0 Å². The minimum atomic E-state index is -0.235. The number of amides is 1. The quantitative estimate of drug-likeness (QED) is 0.518. The second-order valence-electron chi connectivity index (χ2n) is 5.34. The predicted octanol–water partition coefficient (Wildman–Crippen LogP) is 5.62. The van der Waals surface area contributed by atoms with Crippen LogP contribution in [0.1, 0.15) is 12.5 Å². The minimum Gasteiger partial charge on any atom is -0.493 e. The first-order valence-electron chi connectivity index (χ1n) is 8.08. The summed E-state index contributed by atoms with van der Waals surface area (Å²) < 4.78 is 6.51. The van der Waals surface area contributed by atoms with Crippen LogP contribution < -0.4 is 10.1 Å². The zero-order valence-electron chi connectivity index (χ0n) is 14.1. The van der Waals surface area contributed by atoms with Crippen LogP contribution in [-0.4, -0.2) is 17.5 Å². The van der Waals surface area contributed by atoms with E-state index in [4.69, 9.17) is 4.74 Å². The number of hydrogen-bond acceptors (Lipinski definition) is 4. The molecular formula is C20H17BrN2O2S. The van der Waals surface area contributed by atoms with Crippen molar-refractivity contribution in [2.45, 2.75) is 6.92 Å². The van der Waals surface area contributed by atoms with Crippen LogP contribution in [0.15, 0.2) is 64.5 Å². The summed E-state index contributed by atoms with van der Waals surface area (Å²) in [5, 5.41) is 5.29. The molecule has 3 aromatic rings. The Labute approximate surface area is 164 Å². The molecule has 1 amide bonds. The van der Waals surface area contributed by atoms with Crippen molar-refractivity contribution in [1.82, 2.24) is 4.98 Å². The van der Waals surface area contributed by atoms with E-state index in [2.05, 4.69) is 26.2 Å². The summed E-state index contributed by atoms with van der Waals surface area (Å²) >= 11 is 4.83. The molecule has 2 aromatic carbocycles. The van der Waals surface area contributed by atoms with Gasteiger partial charge < -0.3 is 4.74 Å². The third-order valence-corrected chi connectivity index (χ3v) is 4.74. The Hall–Kier alpha value is -2.44. The molecule has 26 heavy (non-hydrogen) atoms. The third kappa shape index (κ3) is 4.80. The number of ether oxygens (including phenoxy) is 1. The normalized spacial score (nSPS) is 10.8. The van der Waals surface area contributed by atoms with Gasteiger partial charge in [0, 0.05) is 27.1 Å². The van der Waals surface area contributed by atoms with Crippen molar-refractivity contribution in [3.63, 3.8) is 0 Å². The molecular weight excluding hydrogens is 412 g/mol. The minimum absolute atomic E-state index is 0.235. The molecule has 0 bridgehead atoms. The zero-order valence-corrected chi connectivity index (χ0v) is 16.5. The van der Waals surface area contributed by atoms with Gasteiger partial charge in [0.2, 0.25) is 5.91 Å². The first kappa shape index (κ1) is 18.4. The molecule has 1 aromatic heterocycles. The van der Waals surface area contributed by atoms with Crippen LogP contribution in [0.2, 0.25) is 0 Å². The Balaban J connectivity index is 1.69. The first-order chi connectivity index (χ1) is 12.7. The number of thiazole rings is 1. The highest BCUT2D eigenvalue weighted by molar-refractivity contribution is 9.10. The van der Waals surface area contributed by atoms with Crippen molar-refractivity contribution < 1.29 is 9.53 Å². The average Bonchev–Trinajstić information content (AvgIpc) is 3.11. The second-order valence-corrected chi connectivity index (χ2v) is 7.12. The molecule has 0 atom stereocenters. The molecule has 1 N–H and O–H groups in total. The molecule has 3 rings (SSSR count).